The van der Waals surface area contributed by atoms with Crippen LogP contribution >= 0.6 is 23.2 Å². The number of nitro groups is 1. The molecule has 2 aromatic rings. The van der Waals surface area contributed by atoms with Crippen LogP contribution in [0.2, 0.25) is 10.0 Å². The predicted molar refractivity (Wildman–Crippen MR) is 92.0 cm³/mol. The summed E-state index contributed by atoms with van der Waals surface area (Å²) in [5.41, 5.74) is 1.33. The summed E-state index contributed by atoms with van der Waals surface area (Å²) in [4.78, 5) is 22.3. The van der Waals surface area contributed by atoms with Crippen molar-refractivity contribution in [2.75, 3.05) is 5.32 Å². The molecular weight excluding hydrogens is 339 g/mol. The van der Waals surface area contributed by atoms with Crippen LogP contribution < -0.4 is 5.32 Å². The van der Waals surface area contributed by atoms with Crippen molar-refractivity contribution in [2.45, 2.75) is 6.92 Å². The van der Waals surface area contributed by atoms with E-state index in [2.05, 4.69) is 5.32 Å². The fraction of sp³-hybridized carbons (Fsp3) is 0.0625. The van der Waals surface area contributed by atoms with Gasteiger partial charge in [0.05, 0.1) is 4.92 Å². The van der Waals surface area contributed by atoms with E-state index in [1.165, 1.54) is 18.2 Å². The summed E-state index contributed by atoms with van der Waals surface area (Å²) in [6.45, 7) is 1.63. The van der Waals surface area contributed by atoms with E-state index < -0.39 is 10.8 Å². The number of benzene rings is 2. The van der Waals surface area contributed by atoms with Gasteiger partial charge in [0.2, 0.25) is 5.91 Å². The van der Waals surface area contributed by atoms with Gasteiger partial charge in [-0.1, -0.05) is 35.3 Å². The van der Waals surface area contributed by atoms with Gasteiger partial charge in [-0.2, -0.15) is 0 Å². The van der Waals surface area contributed by atoms with Crippen molar-refractivity contribution >= 4 is 46.6 Å². The number of rotatable bonds is 4. The third-order valence-electron chi connectivity index (χ3n) is 3.07. The SMILES string of the molecule is Cc1ccc(NC(=O)/C=C/c2c(Cl)cccc2Cl)cc1[N+](=O)[O-]. The Kier molecular flexibility index (Phi) is 5.36. The highest BCUT2D eigenvalue weighted by molar-refractivity contribution is 6.37. The Morgan fingerprint density at radius 3 is 2.48 bits per heavy atom. The van der Waals surface area contributed by atoms with Crippen LogP contribution in [0.25, 0.3) is 6.08 Å². The van der Waals surface area contributed by atoms with Gasteiger partial charge in [-0.25, -0.2) is 0 Å². The average Bonchev–Trinajstić information content (AvgIpc) is 2.48. The Morgan fingerprint density at radius 2 is 1.87 bits per heavy atom. The zero-order valence-corrected chi connectivity index (χ0v) is 13.6. The normalized spacial score (nSPS) is 10.7. The molecule has 0 heterocycles. The van der Waals surface area contributed by atoms with Gasteiger partial charge >= 0.3 is 0 Å². The highest BCUT2D eigenvalue weighted by atomic mass is 35.5. The smallest absolute Gasteiger partial charge is 0.274 e. The van der Waals surface area contributed by atoms with Crippen molar-refractivity contribution in [3.63, 3.8) is 0 Å². The number of carbonyl (C=O) groups is 1. The van der Waals surface area contributed by atoms with Crippen LogP contribution in [0.5, 0.6) is 0 Å². The lowest BCUT2D eigenvalue weighted by Gasteiger charge is -2.04. The van der Waals surface area contributed by atoms with E-state index in [1.807, 2.05) is 0 Å². The standard InChI is InChI=1S/C16H12Cl2N2O3/c1-10-5-6-11(9-15(10)20(22)23)19-16(21)8-7-12-13(17)3-2-4-14(12)18/h2-9H,1H3,(H,19,21)/b8-7+. The minimum absolute atomic E-state index is 0.0547. The van der Waals surface area contributed by atoms with Crippen LogP contribution in [0, 0.1) is 17.0 Å². The number of nitrogens with zero attached hydrogens (tertiary/aromatic N) is 1. The van der Waals surface area contributed by atoms with Crippen molar-refractivity contribution in [2.24, 2.45) is 0 Å². The molecule has 0 radical (unpaired) electrons. The van der Waals surface area contributed by atoms with E-state index in [0.29, 0.717) is 26.9 Å². The number of carbonyl (C=O) groups excluding carboxylic acids is 1. The topological polar surface area (TPSA) is 72.2 Å². The summed E-state index contributed by atoms with van der Waals surface area (Å²) >= 11 is 12.0. The predicted octanol–water partition coefficient (Wildman–Crippen LogP) is 4.86. The van der Waals surface area contributed by atoms with E-state index in [4.69, 9.17) is 23.2 Å². The maximum Gasteiger partial charge on any atom is 0.274 e. The van der Waals surface area contributed by atoms with E-state index in [-0.39, 0.29) is 5.69 Å². The van der Waals surface area contributed by atoms with Gasteiger partial charge in [-0.05, 0) is 31.2 Å². The first kappa shape index (κ1) is 17.0. The molecule has 0 aliphatic heterocycles. The maximum absolute atomic E-state index is 11.9. The zero-order valence-electron chi connectivity index (χ0n) is 12.0. The number of amides is 1. The number of nitro benzene ring substituents is 1. The average molecular weight is 351 g/mol. The molecule has 0 aliphatic rings. The summed E-state index contributed by atoms with van der Waals surface area (Å²) < 4.78 is 0. The molecule has 2 aromatic carbocycles. The largest absolute Gasteiger partial charge is 0.322 e. The first-order valence-electron chi connectivity index (χ1n) is 6.56. The highest BCUT2D eigenvalue weighted by Gasteiger charge is 2.11. The molecule has 2 rings (SSSR count). The van der Waals surface area contributed by atoms with Gasteiger partial charge in [0, 0.05) is 39.0 Å². The van der Waals surface area contributed by atoms with Crippen molar-refractivity contribution in [1.82, 2.24) is 0 Å². The van der Waals surface area contributed by atoms with Gasteiger partial charge < -0.3 is 5.32 Å². The fourth-order valence-corrected chi connectivity index (χ4v) is 2.42. The van der Waals surface area contributed by atoms with E-state index >= 15 is 0 Å². The van der Waals surface area contributed by atoms with E-state index in [1.54, 1.807) is 37.3 Å². The van der Waals surface area contributed by atoms with Crippen molar-refractivity contribution in [3.8, 4) is 0 Å². The second kappa shape index (κ2) is 7.26. The lowest BCUT2D eigenvalue weighted by atomic mass is 10.2. The Morgan fingerprint density at radius 1 is 1.22 bits per heavy atom. The Hall–Kier alpha value is -2.37. The lowest BCUT2D eigenvalue weighted by molar-refractivity contribution is -0.385. The molecule has 0 atom stereocenters. The minimum atomic E-state index is -0.496. The van der Waals surface area contributed by atoms with Crippen molar-refractivity contribution in [1.29, 1.82) is 0 Å². The summed E-state index contributed by atoms with van der Waals surface area (Å²) in [5, 5.41) is 14.3. The van der Waals surface area contributed by atoms with Gasteiger partial charge in [0.25, 0.3) is 5.69 Å². The third-order valence-corrected chi connectivity index (χ3v) is 3.73. The molecule has 0 saturated carbocycles. The highest BCUT2D eigenvalue weighted by Crippen LogP contribution is 2.26. The van der Waals surface area contributed by atoms with Gasteiger partial charge in [-0.15, -0.1) is 0 Å². The molecule has 5 nitrogen and oxygen atoms in total. The molecule has 23 heavy (non-hydrogen) atoms. The Labute approximate surface area is 142 Å². The Balaban J connectivity index is 2.15. The van der Waals surface area contributed by atoms with Crippen LogP contribution in [-0.4, -0.2) is 10.8 Å². The molecule has 0 saturated heterocycles. The number of nitrogens with one attached hydrogen (secondary N) is 1. The summed E-state index contributed by atoms with van der Waals surface area (Å²) in [6.07, 6.45) is 2.75. The number of hydrogen-bond acceptors (Lipinski definition) is 3. The first-order chi connectivity index (χ1) is 10.9. The van der Waals surface area contributed by atoms with Gasteiger partial charge in [-0.3, -0.25) is 14.9 Å². The number of anilines is 1. The van der Waals surface area contributed by atoms with Crippen LogP contribution in [0.15, 0.2) is 42.5 Å². The first-order valence-corrected chi connectivity index (χ1v) is 7.32. The third kappa shape index (κ3) is 4.31. The number of halogens is 2. The summed E-state index contributed by atoms with van der Waals surface area (Å²) in [5.74, 6) is -0.445. The van der Waals surface area contributed by atoms with Crippen LogP contribution in [0.3, 0.4) is 0 Å². The molecule has 118 valence electrons. The molecule has 1 amide bonds. The molecule has 0 bridgehead atoms. The number of aryl methyl sites for hydroxylation is 1. The molecule has 1 N–H and O–H groups in total. The molecule has 7 heteroatoms. The second-order valence-electron chi connectivity index (χ2n) is 4.72. The van der Waals surface area contributed by atoms with Gasteiger partial charge in [0.1, 0.15) is 0 Å². The molecule has 0 aromatic heterocycles. The molecule has 0 unspecified atom stereocenters. The second-order valence-corrected chi connectivity index (χ2v) is 5.53. The van der Waals surface area contributed by atoms with Crippen LogP contribution in [-0.2, 0) is 4.79 Å². The van der Waals surface area contributed by atoms with Crippen molar-refractivity contribution in [3.05, 3.63) is 73.8 Å². The zero-order chi connectivity index (χ0) is 17.0. The van der Waals surface area contributed by atoms with E-state index in [9.17, 15) is 14.9 Å². The summed E-state index contributed by atoms with van der Waals surface area (Å²) in [6, 6.07) is 9.50. The molecule has 0 aliphatic carbocycles. The quantitative estimate of drug-likeness (QED) is 0.486. The minimum Gasteiger partial charge on any atom is -0.322 e. The van der Waals surface area contributed by atoms with Gasteiger partial charge in [0.15, 0.2) is 0 Å². The van der Waals surface area contributed by atoms with Crippen LogP contribution in [0.4, 0.5) is 11.4 Å². The Bertz CT molecular complexity index is 784. The molecule has 0 fully saturated rings. The monoisotopic (exact) mass is 350 g/mol. The maximum atomic E-state index is 11.9. The van der Waals surface area contributed by atoms with E-state index in [0.717, 1.165) is 0 Å². The fourth-order valence-electron chi connectivity index (χ4n) is 1.90. The molecule has 0 spiro atoms. The lowest BCUT2D eigenvalue weighted by Crippen LogP contribution is -2.08. The van der Waals surface area contributed by atoms with Crippen LogP contribution in [0.1, 0.15) is 11.1 Å². The van der Waals surface area contributed by atoms with Crippen molar-refractivity contribution < 1.29 is 9.72 Å². The molecular formula is C16H12Cl2N2O3. The number of hydrogen-bond donors (Lipinski definition) is 1. The summed E-state index contributed by atoms with van der Waals surface area (Å²) in [7, 11) is 0.